The number of carbonyl (C=O) groups excluding carboxylic acids is 3. The van der Waals surface area contributed by atoms with Gasteiger partial charge in [0.25, 0.3) is 0 Å². The van der Waals surface area contributed by atoms with Crippen LogP contribution in [0.5, 0.6) is 0 Å². The lowest BCUT2D eigenvalue weighted by molar-refractivity contribution is -0.289. The molecular weight excluding hydrogens is 468 g/mol. The lowest BCUT2D eigenvalue weighted by Gasteiger charge is -2.47. The molecule has 4 aliphatic rings. The number of aliphatic hydroxyl groups excluding tert-OH is 1. The van der Waals surface area contributed by atoms with Crippen molar-refractivity contribution < 1.29 is 38.4 Å². The molecular formula is C26H44N2O8. The van der Waals surface area contributed by atoms with Crippen LogP contribution in [-0.4, -0.2) is 94.4 Å². The van der Waals surface area contributed by atoms with Gasteiger partial charge < -0.3 is 29.0 Å². The molecule has 0 aromatic heterocycles. The predicted molar refractivity (Wildman–Crippen MR) is 131 cm³/mol. The number of ether oxygens (including phenoxy) is 4. The average molecular weight is 513 g/mol. The van der Waals surface area contributed by atoms with E-state index in [1.807, 2.05) is 41.5 Å². The molecule has 10 heteroatoms. The summed E-state index contributed by atoms with van der Waals surface area (Å²) < 4.78 is 21.6. The van der Waals surface area contributed by atoms with E-state index in [4.69, 9.17) is 18.9 Å². The van der Waals surface area contributed by atoms with E-state index < -0.39 is 23.1 Å². The molecule has 1 N–H and O–H groups in total. The molecule has 0 radical (unpaired) electrons. The summed E-state index contributed by atoms with van der Waals surface area (Å²) >= 11 is 0. The highest BCUT2D eigenvalue weighted by atomic mass is 16.7. The first-order chi connectivity index (χ1) is 16.6. The zero-order chi connectivity index (χ0) is 27.1. The molecule has 0 aliphatic carbocycles. The fourth-order valence-electron chi connectivity index (χ4n) is 5.84. The number of piperidine rings is 2. The number of nitrogens with zero attached hydrogens (tertiary/aromatic N) is 2. The highest BCUT2D eigenvalue weighted by Crippen LogP contribution is 2.43. The third-order valence-electron chi connectivity index (χ3n) is 7.33. The molecule has 206 valence electrons. The molecule has 4 rings (SSSR count). The summed E-state index contributed by atoms with van der Waals surface area (Å²) in [6.07, 6.45) is 3.42. The minimum atomic E-state index is -1.02. The molecule has 4 aliphatic heterocycles. The molecule has 4 saturated heterocycles. The van der Waals surface area contributed by atoms with Crippen LogP contribution in [-0.2, 0) is 23.7 Å². The molecule has 0 spiro atoms. The lowest BCUT2D eigenvalue weighted by atomic mass is 9.93. The van der Waals surface area contributed by atoms with E-state index >= 15 is 0 Å². The smallest absolute Gasteiger partial charge is 0.410 e. The van der Waals surface area contributed by atoms with Crippen molar-refractivity contribution in [1.29, 1.82) is 0 Å². The summed E-state index contributed by atoms with van der Waals surface area (Å²) in [6, 6.07) is -0.163. The van der Waals surface area contributed by atoms with Gasteiger partial charge in [-0.25, -0.2) is 9.59 Å². The van der Waals surface area contributed by atoms with Crippen LogP contribution < -0.4 is 0 Å². The van der Waals surface area contributed by atoms with Gasteiger partial charge in [-0.1, -0.05) is 0 Å². The summed E-state index contributed by atoms with van der Waals surface area (Å²) in [4.78, 5) is 39.1. The molecule has 10 nitrogen and oxygen atoms in total. The largest absolute Gasteiger partial charge is 0.444 e. The zero-order valence-corrected chi connectivity index (χ0v) is 23.0. The second-order valence-electron chi connectivity index (χ2n) is 12.3. The Morgan fingerprint density at radius 1 is 0.806 bits per heavy atom. The van der Waals surface area contributed by atoms with Gasteiger partial charge in [-0.2, -0.15) is 0 Å². The van der Waals surface area contributed by atoms with Crippen molar-refractivity contribution in [3.63, 3.8) is 0 Å². The molecule has 4 fully saturated rings. The molecule has 4 heterocycles. The Morgan fingerprint density at radius 2 is 1.25 bits per heavy atom. The average Bonchev–Trinajstić information content (AvgIpc) is 3.24. The van der Waals surface area contributed by atoms with Crippen molar-refractivity contribution in [3.8, 4) is 0 Å². The number of hydrogen-bond donors (Lipinski definition) is 1. The van der Waals surface area contributed by atoms with Gasteiger partial charge in [0, 0.05) is 51.6 Å². The number of amides is 2. The molecule has 2 amide bonds. The van der Waals surface area contributed by atoms with Gasteiger partial charge in [-0.3, -0.25) is 9.69 Å². The van der Waals surface area contributed by atoms with Crippen LogP contribution in [0.3, 0.4) is 0 Å². The Labute approximate surface area is 214 Å². The van der Waals surface area contributed by atoms with E-state index in [-0.39, 0.29) is 42.1 Å². The Balaban J connectivity index is 0.000000205. The van der Waals surface area contributed by atoms with Crippen LogP contribution in [0.4, 0.5) is 9.59 Å². The number of aliphatic hydroxyl groups is 1. The minimum Gasteiger partial charge on any atom is -0.444 e. The third-order valence-corrected chi connectivity index (χ3v) is 7.33. The van der Waals surface area contributed by atoms with E-state index in [2.05, 4.69) is 0 Å². The summed E-state index contributed by atoms with van der Waals surface area (Å²) in [5.41, 5.74) is -1.00. The number of ketones is 1. The second-order valence-corrected chi connectivity index (χ2v) is 12.3. The summed E-state index contributed by atoms with van der Waals surface area (Å²) in [5.74, 6) is -0.739. The summed E-state index contributed by atoms with van der Waals surface area (Å²) in [6.45, 7) is 11.1. The van der Waals surface area contributed by atoms with Crippen LogP contribution in [0, 0.1) is 0 Å². The Hall–Kier alpha value is -1.91. The number of Topliss-reactive ketones (excluding diaryl/α,β-unsaturated/α-hetero) is 1. The standard InChI is InChI=1S/C14H25NO5.C12H19NO3/c1-13(2,3)20-12(17)15-9-6-7-10(15)11(16)14(8-9,18-4)19-5;1-12(2,3)16-11(15)13-8-4-5-9(13)7-10(14)6-8/h9-11,16H,6-8H2,1-5H3;8-9H,4-7H2,1-3H3/t9-,10+,11-;8-,9+/m1./s1. The van der Waals surface area contributed by atoms with E-state index in [1.165, 1.54) is 14.2 Å². The van der Waals surface area contributed by atoms with Gasteiger partial charge in [-0.15, -0.1) is 0 Å². The molecule has 4 bridgehead atoms. The molecule has 36 heavy (non-hydrogen) atoms. The van der Waals surface area contributed by atoms with Crippen molar-refractivity contribution in [2.75, 3.05) is 14.2 Å². The van der Waals surface area contributed by atoms with Crippen molar-refractivity contribution in [2.45, 2.75) is 134 Å². The van der Waals surface area contributed by atoms with Crippen molar-refractivity contribution in [1.82, 2.24) is 9.80 Å². The van der Waals surface area contributed by atoms with Gasteiger partial charge in [0.05, 0.1) is 6.04 Å². The maximum Gasteiger partial charge on any atom is 0.410 e. The number of methoxy groups -OCH3 is 2. The van der Waals surface area contributed by atoms with Gasteiger partial charge in [0.1, 0.15) is 23.1 Å². The molecule has 0 unspecified atom stereocenters. The molecule has 0 aromatic rings. The van der Waals surface area contributed by atoms with Crippen molar-refractivity contribution in [3.05, 3.63) is 0 Å². The van der Waals surface area contributed by atoms with E-state index in [1.54, 1.807) is 9.80 Å². The first-order valence-electron chi connectivity index (χ1n) is 12.9. The maximum absolute atomic E-state index is 12.3. The topological polar surface area (TPSA) is 115 Å². The quantitative estimate of drug-likeness (QED) is 0.558. The Kier molecular flexibility index (Phi) is 8.32. The molecule has 0 saturated carbocycles. The highest BCUT2D eigenvalue weighted by molar-refractivity contribution is 5.83. The van der Waals surface area contributed by atoms with Crippen LogP contribution >= 0.6 is 0 Å². The Morgan fingerprint density at radius 3 is 1.69 bits per heavy atom. The number of fused-ring (bicyclic) bond motifs is 4. The first-order valence-corrected chi connectivity index (χ1v) is 12.9. The predicted octanol–water partition coefficient (Wildman–Crippen LogP) is 3.63. The van der Waals surface area contributed by atoms with Crippen molar-refractivity contribution in [2.24, 2.45) is 0 Å². The Bertz CT molecular complexity index is 813. The zero-order valence-electron chi connectivity index (χ0n) is 23.0. The number of rotatable bonds is 2. The summed E-state index contributed by atoms with van der Waals surface area (Å²) in [5, 5.41) is 10.5. The fraction of sp³-hybridized carbons (Fsp3) is 0.885. The van der Waals surface area contributed by atoms with Crippen LogP contribution in [0.2, 0.25) is 0 Å². The monoisotopic (exact) mass is 512 g/mol. The van der Waals surface area contributed by atoms with E-state index in [0.717, 1.165) is 25.7 Å². The van der Waals surface area contributed by atoms with Crippen molar-refractivity contribution >= 4 is 18.0 Å². The van der Waals surface area contributed by atoms with Gasteiger partial charge >= 0.3 is 12.2 Å². The normalized spacial score (nSPS) is 31.0. The van der Waals surface area contributed by atoms with Crippen LogP contribution in [0.25, 0.3) is 0 Å². The van der Waals surface area contributed by atoms with Gasteiger partial charge in [0.15, 0.2) is 5.79 Å². The first kappa shape index (κ1) is 28.7. The number of carbonyl (C=O) groups is 3. The maximum atomic E-state index is 12.3. The fourth-order valence-corrected chi connectivity index (χ4v) is 5.84. The molecule has 5 atom stereocenters. The van der Waals surface area contributed by atoms with Gasteiger partial charge in [0.2, 0.25) is 0 Å². The third kappa shape index (κ3) is 6.14. The SMILES string of the molecule is CC(C)(C)OC(=O)N1[C@@H]2CC[C@H]1CC(=O)C2.COC1(OC)C[C@H]2CC[C@@H]([C@H]1O)N2C(=O)OC(C)(C)C. The van der Waals surface area contributed by atoms with E-state index in [0.29, 0.717) is 19.3 Å². The van der Waals surface area contributed by atoms with Crippen LogP contribution in [0.1, 0.15) is 86.5 Å². The lowest BCUT2D eigenvalue weighted by Crippen LogP contribution is -2.64. The molecule has 0 aromatic carbocycles. The second kappa shape index (κ2) is 10.5. The minimum absolute atomic E-state index is 0.0156. The number of hydrogen-bond acceptors (Lipinski definition) is 8. The van der Waals surface area contributed by atoms with Crippen LogP contribution in [0.15, 0.2) is 0 Å². The highest BCUT2D eigenvalue weighted by Gasteiger charge is 2.58. The van der Waals surface area contributed by atoms with E-state index in [9.17, 15) is 19.5 Å². The summed E-state index contributed by atoms with van der Waals surface area (Å²) in [7, 11) is 3.05. The van der Waals surface area contributed by atoms with Gasteiger partial charge in [-0.05, 0) is 67.2 Å².